The first-order valence-electron chi connectivity index (χ1n) is 5.76. The smallest absolute Gasteiger partial charge is 0.0367 e. The molecule has 1 atom stereocenters. The van der Waals surface area contributed by atoms with Crippen molar-refractivity contribution in [3.8, 4) is 0 Å². The van der Waals surface area contributed by atoms with Crippen molar-refractivity contribution in [3.63, 3.8) is 0 Å². The Kier molecular flexibility index (Phi) is 2.29. The fourth-order valence-corrected chi connectivity index (χ4v) is 2.47. The highest BCUT2D eigenvalue weighted by Gasteiger charge is 2.20. The highest BCUT2D eigenvalue weighted by Crippen LogP contribution is 2.25. The van der Waals surface area contributed by atoms with E-state index in [2.05, 4.69) is 59.5 Å². The maximum absolute atomic E-state index is 3.60. The SMILES string of the molecule is Cn1ccc2c1CNC(c1ccccc1)C2. The molecule has 0 bridgehead atoms. The third-order valence-corrected chi connectivity index (χ3v) is 3.44. The number of aromatic nitrogens is 1. The largest absolute Gasteiger partial charge is 0.353 e. The van der Waals surface area contributed by atoms with E-state index in [1.165, 1.54) is 16.8 Å². The summed E-state index contributed by atoms with van der Waals surface area (Å²) in [5, 5.41) is 3.60. The van der Waals surface area contributed by atoms with Gasteiger partial charge in [0, 0.05) is 31.5 Å². The van der Waals surface area contributed by atoms with Crippen LogP contribution in [0.25, 0.3) is 0 Å². The molecule has 2 heterocycles. The van der Waals surface area contributed by atoms with Gasteiger partial charge in [-0.05, 0) is 23.6 Å². The van der Waals surface area contributed by atoms with Crippen LogP contribution < -0.4 is 5.32 Å². The topological polar surface area (TPSA) is 17.0 Å². The normalized spacial score (nSPS) is 19.4. The molecule has 1 N–H and O–H groups in total. The zero-order chi connectivity index (χ0) is 11.0. The maximum Gasteiger partial charge on any atom is 0.0367 e. The lowest BCUT2D eigenvalue weighted by Gasteiger charge is -2.25. The van der Waals surface area contributed by atoms with Crippen LogP contribution in [0.15, 0.2) is 42.6 Å². The van der Waals surface area contributed by atoms with Gasteiger partial charge in [0.25, 0.3) is 0 Å². The van der Waals surface area contributed by atoms with Crippen molar-refractivity contribution in [2.45, 2.75) is 19.0 Å². The summed E-state index contributed by atoms with van der Waals surface area (Å²) in [6.45, 7) is 0.971. The van der Waals surface area contributed by atoms with E-state index in [-0.39, 0.29) is 0 Å². The second-order valence-corrected chi connectivity index (χ2v) is 4.45. The molecule has 1 aromatic heterocycles. The van der Waals surface area contributed by atoms with Crippen LogP contribution in [0.1, 0.15) is 22.9 Å². The Labute approximate surface area is 95.9 Å². The van der Waals surface area contributed by atoms with Gasteiger partial charge in [-0.1, -0.05) is 30.3 Å². The third-order valence-electron chi connectivity index (χ3n) is 3.44. The third kappa shape index (κ3) is 1.55. The molecule has 2 heteroatoms. The number of nitrogens with one attached hydrogen (secondary N) is 1. The average Bonchev–Trinajstić information content (AvgIpc) is 2.72. The number of benzene rings is 1. The summed E-state index contributed by atoms with van der Waals surface area (Å²) in [4.78, 5) is 0. The van der Waals surface area contributed by atoms with Crippen molar-refractivity contribution in [2.75, 3.05) is 0 Å². The van der Waals surface area contributed by atoms with Gasteiger partial charge in [-0.3, -0.25) is 0 Å². The first-order valence-corrected chi connectivity index (χ1v) is 5.76. The van der Waals surface area contributed by atoms with E-state index in [9.17, 15) is 0 Å². The van der Waals surface area contributed by atoms with Gasteiger partial charge in [-0.2, -0.15) is 0 Å². The highest BCUT2D eigenvalue weighted by atomic mass is 15.0. The van der Waals surface area contributed by atoms with Gasteiger partial charge in [-0.15, -0.1) is 0 Å². The van der Waals surface area contributed by atoms with Crippen LogP contribution in [0.2, 0.25) is 0 Å². The summed E-state index contributed by atoms with van der Waals surface area (Å²) in [6, 6.07) is 13.4. The summed E-state index contributed by atoms with van der Waals surface area (Å²) in [5.74, 6) is 0. The zero-order valence-corrected chi connectivity index (χ0v) is 9.48. The summed E-state index contributed by atoms with van der Waals surface area (Å²) in [7, 11) is 2.11. The number of aryl methyl sites for hydroxylation is 1. The molecule has 0 amide bonds. The van der Waals surface area contributed by atoms with E-state index in [0.717, 1.165) is 13.0 Å². The Balaban J connectivity index is 1.89. The Morgan fingerprint density at radius 3 is 2.81 bits per heavy atom. The summed E-state index contributed by atoms with van der Waals surface area (Å²) >= 11 is 0. The lowest BCUT2D eigenvalue weighted by Crippen LogP contribution is -2.29. The van der Waals surface area contributed by atoms with Crippen molar-refractivity contribution >= 4 is 0 Å². The van der Waals surface area contributed by atoms with Crippen molar-refractivity contribution in [1.82, 2.24) is 9.88 Å². The minimum absolute atomic E-state index is 0.469. The lowest BCUT2D eigenvalue weighted by molar-refractivity contribution is 0.485. The lowest BCUT2D eigenvalue weighted by atomic mass is 9.96. The van der Waals surface area contributed by atoms with E-state index in [1.807, 2.05) is 0 Å². The molecule has 0 saturated carbocycles. The average molecular weight is 212 g/mol. The predicted octanol–water partition coefficient (Wildman–Crippen LogP) is 2.41. The fraction of sp³-hybridized carbons (Fsp3) is 0.286. The standard InChI is InChI=1S/C14H16N2/c1-16-8-7-12-9-13(15-10-14(12)16)11-5-3-2-4-6-11/h2-8,13,15H,9-10H2,1H3. The number of fused-ring (bicyclic) bond motifs is 1. The summed E-state index contributed by atoms with van der Waals surface area (Å²) in [5.41, 5.74) is 4.29. The molecule has 2 aromatic rings. The Morgan fingerprint density at radius 1 is 1.19 bits per heavy atom. The molecule has 16 heavy (non-hydrogen) atoms. The second kappa shape index (κ2) is 3.80. The molecule has 1 aliphatic heterocycles. The first-order chi connectivity index (χ1) is 7.84. The molecule has 1 aliphatic rings. The van der Waals surface area contributed by atoms with Crippen LogP contribution in [0.3, 0.4) is 0 Å². The number of hydrogen-bond donors (Lipinski definition) is 1. The molecular weight excluding hydrogens is 196 g/mol. The quantitative estimate of drug-likeness (QED) is 0.768. The minimum atomic E-state index is 0.469. The molecule has 0 radical (unpaired) electrons. The van der Waals surface area contributed by atoms with Gasteiger partial charge >= 0.3 is 0 Å². The number of hydrogen-bond acceptors (Lipinski definition) is 1. The number of rotatable bonds is 1. The molecule has 0 aliphatic carbocycles. The van der Waals surface area contributed by atoms with E-state index >= 15 is 0 Å². The Hall–Kier alpha value is -1.54. The van der Waals surface area contributed by atoms with Crippen LogP contribution in [-0.4, -0.2) is 4.57 Å². The number of nitrogens with zero attached hydrogens (tertiary/aromatic N) is 1. The Bertz CT molecular complexity index is 485. The highest BCUT2D eigenvalue weighted by molar-refractivity contribution is 5.30. The van der Waals surface area contributed by atoms with Gasteiger partial charge < -0.3 is 9.88 Å². The molecule has 0 fully saturated rings. The van der Waals surface area contributed by atoms with Crippen LogP contribution >= 0.6 is 0 Å². The van der Waals surface area contributed by atoms with Crippen LogP contribution in [0.4, 0.5) is 0 Å². The van der Waals surface area contributed by atoms with Crippen molar-refractivity contribution < 1.29 is 0 Å². The fourth-order valence-electron chi connectivity index (χ4n) is 2.47. The van der Waals surface area contributed by atoms with Crippen molar-refractivity contribution in [1.29, 1.82) is 0 Å². The van der Waals surface area contributed by atoms with E-state index in [4.69, 9.17) is 0 Å². The zero-order valence-electron chi connectivity index (χ0n) is 9.48. The van der Waals surface area contributed by atoms with Gasteiger partial charge in [-0.25, -0.2) is 0 Å². The maximum atomic E-state index is 3.60. The molecule has 1 unspecified atom stereocenters. The molecule has 82 valence electrons. The van der Waals surface area contributed by atoms with Gasteiger partial charge in [0.05, 0.1) is 0 Å². The second-order valence-electron chi connectivity index (χ2n) is 4.45. The first kappa shape index (κ1) is 9.67. The molecule has 0 saturated heterocycles. The molecule has 0 spiro atoms. The van der Waals surface area contributed by atoms with Crippen molar-refractivity contribution in [2.24, 2.45) is 7.05 Å². The van der Waals surface area contributed by atoms with Gasteiger partial charge in [0.1, 0.15) is 0 Å². The minimum Gasteiger partial charge on any atom is -0.353 e. The Morgan fingerprint density at radius 2 is 2.00 bits per heavy atom. The summed E-state index contributed by atoms with van der Waals surface area (Å²) < 4.78 is 2.21. The predicted molar refractivity (Wildman–Crippen MR) is 65.1 cm³/mol. The molecular formula is C14H16N2. The monoisotopic (exact) mass is 212 g/mol. The van der Waals surface area contributed by atoms with E-state index in [0.29, 0.717) is 6.04 Å². The molecule has 2 nitrogen and oxygen atoms in total. The molecule has 3 rings (SSSR count). The van der Waals surface area contributed by atoms with Crippen LogP contribution in [-0.2, 0) is 20.0 Å². The van der Waals surface area contributed by atoms with Crippen LogP contribution in [0, 0.1) is 0 Å². The summed E-state index contributed by atoms with van der Waals surface area (Å²) in [6.07, 6.45) is 3.25. The van der Waals surface area contributed by atoms with Gasteiger partial charge in [0.2, 0.25) is 0 Å². The van der Waals surface area contributed by atoms with Crippen molar-refractivity contribution in [3.05, 3.63) is 59.4 Å². The van der Waals surface area contributed by atoms with Crippen LogP contribution in [0.5, 0.6) is 0 Å². The van der Waals surface area contributed by atoms with E-state index in [1.54, 1.807) is 0 Å². The van der Waals surface area contributed by atoms with E-state index < -0.39 is 0 Å². The van der Waals surface area contributed by atoms with Gasteiger partial charge in [0.15, 0.2) is 0 Å². The molecule has 1 aromatic carbocycles.